The molecule has 0 aromatic rings. The molecule has 1 atom stereocenters. The third kappa shape index (κ3) is 1.35. The molecule has 0 aromatic carbocycles. The second-order valence-corrected chi connectivity index (χ2v) is 1.60. The van der Waals surface area contributed by atoms with Crippen LogP contribution in [0, 0.1) is 0 Å². The molecule has 0 saturated carbocycles. The summed E-state index contributed by atoms with van der Waals surface area (Å²) in [7, 11) is 0. The van der Waals surface area contributed by atoms with Crippen molar-refractivity contribution in [2.45, 2.75) is 12.5 Å². The molecule has 4 heteroatoms. The Morgan fingerprint density at radius 3 is 2.50 bits per heavy atom. The van der Waals surface area contributed by atoms with E-state index in [9.17, 15) is 4.79 Å². The minimum absolute atomic E-state index is 0. The summed E-state index contributed by atoms with van der Waals surface area (Å²) in [6.07, 6.45) is -0.168. The van der Waals surface area contributed by atoms with Crippen LogP contribution in [0.4, 0.5) is 0 Å². The third-order valence-corrected chi connectivity index (χ3v) is 1.02. The molecule has 1 heterocycles. The number of aliphatic hydroxyl groups excluding tert-OH is 1. The zero-order valence-corrected chi connectivity index (χ0v) is 5.07. The van der Waals surface area contributed by atoms with Gasteiger partial charge in [0.2, 0.25) is 5.91 Å². The van der Waals surface area contributed by atoms with Gasteiger partial charge in [0.1, 0.15) is 6.10 Å². The van der Waals surface area contributed by atoms with E-state index in [0.29, 0.717) is 13.0 Å². The molecule has 2 N–H and O–H groups in total. The highest BCUT2D eigenvalue weighted by Gasteiger charge is 2.19. The van der Waals surface area contributed by atoms with E-state index in [1.54, 1.807) is 0 Å². The standard InChI is InChI=1S/C4H7NO2.ClH/c6-3-1-2-5-4(3)7;/h3,6H,1-2H2,(H,5,7);1H. The van der Waals surface area contributed by atoms with Crippen molar-refractivity contribution in [2.75, 3.05) is 6.54 Å². The van der Waals surface area contributed by atoms with E-state index < -0.39 is 6.10 Å². The zero-order chi connectivity index (χ0) is 5.28. The van der Waals surface area contributed by atoms with E-state index in [1.807, 2.05) is 0 Å². The molecule has 1 amide bonds. The molecule has 0 spiro atoms. The highest BCUT2D eigenvalue weighted by Crippen LogP contribution is 1.96. The summed E-state index contributed by atoms with van der Waals surface area (Å²) in [5.41, 5.74) is 0. The van der Waals surface area contributed by atoms with Crippen LogP contribution in [0.15, 0.2) is 0 Å². The van der Waals surface area contributed by atoms with Gasteiger partial charge in [-0.1, -0.05) is 0 Å². The van der Waals surface area contributed by atoms with Gasteiger partial charge in [-0.3, -0.25) is 4.79 Å². The van der Waals surface area contributed by atoms with Crippen LogP contribution in [0.1, 0.15) is 6.42 Å². The van der Waals surface area contributed by atoms with Crippen LogP contribution < -0.4 is 5.32 Å². The van der Waals surface area contributed by atoms with Crippen LogP contribution in [0.2, 0.25) is 0 Å². The molecular weight excluding hydrogens is 130 g/mol. The lowest BCUT2D eigenvalue weighted by atomic mass is 10.3. The van der Waals surface area contributed by atoms with Crippen LogP contribution in [0.3, 0.4) is 0 Å². The van der Waals surface area contributed by atoms with Crippen LogP contribution in [-0.4, -0.2) is 23.7 Å². The van der Waals surface area contributed by atoms with Gasteiger partial charge >= 0.3 is 0 Å². The lowest BCUT2D eigenvalue weighted by Gasteiger charge is -1.90. The highest BCUT2D eigenvalue weighted by molar-refractivity contribution is 5.85. The van der Waals surface area contributed by atoms with E-state index in [0.717, 1.165) is 0 Å². The maximum Gasteiger partial charge on any atom is 0.248 e. The maximum atomic E-state index is 10.2. The van der Waals surface area contributed by atoms with Gasteiger partial charge in [-0.15, -0.1) is 12.4 Å². The topological polar surface area (TPSA) is 49.3 Å². The molecule has 1 aliphatic heterocycles. The highest BCUT2D eigenvalue weighted by atomic mass is 35.5. The summed E-state index contributed by atoms with van der Waals surface area (Å²) in [5, 5.41) is 11.1. The van der Waals surface area contributed by atoms with Gasteiger partial charge in [-0.25, -0.2) is 0 Å². The third-order valence-electron chi connectivity index (χ3n) is 1.02. The average molecular weight is 138 g/mol. The number of nitrogens with one attached hydrogen (secondary N) is 1. The van der Waals surface area contributed by atoms with Crippen molar-refractivity contribution in [3.8, 4) is 0 Å². The first kappa shape index (κ1) is 7.72. The molecule has 0 radical (unpaired) electrons. The minimum Gasteiger partial charge on any atom is -0.383 e. The number of hydrogen-bond acceptors (Lipinski definition) is 2. The molecule has 1 aliphatic rings. The molecular formula is C4H8ClNO2. The second-order valence-electron chi connectivity index (χ2n) is 1.60. The largest absolute Gasteiger partial charge is 0.383 e. The first-order chi connectivity index (χ1) is 3.30. The predicted octanol–water partition coefficient (Wildman–Crippen LogP) is -0.711. The van der Waals surface area contributed by atoms with Gasteiger partial charge < -0.3 is 10.4 Å². The van der Waals surface area contributed by atoms with E-state index in [2.05, 4.69) is 5.32 Å². The number of hydrogen-bond donors (Lipinski definition) is 2. The Hall–Kier alpha value is -0.280. The molecule has 0 bridgehead atoms. The molecule has 0 aromatic heterocycles. The van der Waals surface area contributed by atoms with Gasteiger partial charge in [-0.2, -0.15) is 0 Å². The molecule has 1 unspecified atom stereocenters. The van der Waals surface area contributed by atoms with Crippen LogP contribution >= 0.6 is 12.4 Å². The summed E-state index contributed by atoms with van der Waals surface area (Å²) in [6, 6.07) is 0. The van der Waals surface area contributed by atoms with Crippen molar-refractivity contribution in [3.05, 3.63) is 0 Å². The normalized spacial score (nSPS) is 26.6. The molecule has 1 rings (SSSR count). The Labute approximate surface area is 53.5 Å². The minimum atomic E-state index is -0.736. The summed E-state index contributed by atoms with van der Waals surface area (Å²) >= 11 is 0. The first-order valence-electron chi connectivity index (χ1n) is 2.26. The van der Waals surface area contributed by atoms with Crippen molar-refractivity contribution < 1.29 is 9.90 Å². The Balaban J connectivity index is 0.000000490. The van der Waals surface area contributed by atoms with Crippen molar-refractivity contribution in [1.82, 2.24) is 5.32 Å². The molecule has 1 fully saturated rings. The van der Waals surface area contributed by atoms with Gasteiger partial charge in [0.05, 0.1) is 0 Å². The summed E-state index contributed by atoms with van der Waals surface area (Å²) in [4.78, 5) is 10.2. The second kappa shape index (κ2) is 2.89. The van der Waals surface area contributed by atoms with Crippen molar-refractivity contribution >= 4 is 18.3 Å². The van der Waals surface area contributed by atoms with E-state index >= 15 is 0 Å². The van der Waals surface area contributed by atoms with Gasteiger partial charge in [0.15, 0.2) is 0 Å². The lowest BCUT2D eigenvalue weighted by molar-refractivity contribution is -0.126. The number of amides is 1. The number of halogens is 1. The SMILES string of the molecule is Cl.O=C1NCCC1O. The Bertz CT molecular complexity index is 96.0. The van der Waals surface area contributed by atoms with Crippen LogP contribution in [-0.2, 0) is 4.79 Å². The van der Waals surface area contributed by atoms with Gasteiger partial charge in [0.25, 0.3) is 0 Å². The van der Waals surface area contributed by atoms with E-state index in [4.69, 9.17) is 5.11 Å². The summed E-state index contributed by atoms with van der Waals surface area (Å²) < 4.78 is 0. The lowest BCUT2D eigenvalue weighted by Crippen LogP contribution is -2.21. The summed E-state index contributed by atoms with van der Waals surface area (Å²) in [6.45, 7) is 0.625. The fraction of sp³-hybridized carbons (Fsp3) is 0.750. The van der Waals surface area contributed by atoms with Gasteiger partial charge in [-0.05, 0) is 6.42 Å². The Kier molecular flexibility index (Phi) is 2.79. The van der Waals surface area contributed by atoms with Crippen molar-refractivity contribution in [1.29, 1.82) is 0 Å². The average Bonchev–Trinajstić information content (AvgIpc) is 1.91. The smallest absolute Gasteiger partial charge is 0.248 e. The zero-order valence-electron chi connectivity index (χ0n) is 4.26. The van der Waals surface area contributed by atoms with Crippen molar-refractivity contribution in [2.24, 2.45) is 0 Å². The summed E-state index contributed by atoms with van der Waals surface area (Å²) in [5.74, 6) is -0.236. The number of aliphatic hydroxyl groups is 1. The molecule has 8 heavy (non-hydrogen) atoms. The van der Waals surface area contributed by atoms with Crippen LogP contribution in [0.5, 0.6) is 0 Å². The van der Waals surface area contributed by atoms with E-state index in [-0.39, 0.29) is 18.3 Å². The number of rotatable bonds is 0. The monoisotopic (exact) mass is 137 g/mol. The fourth-order valence-corrected chi connectivity index (χ4v) is 0.581. The predicted molar refractivity (Wildman–Crippen MR) is 30.9 cm³/mol. The molecule has 0 aliphatic carbocycles. The number of carbonyl (C=O) groups is 1. The van der Waals surface area contributed by atoms with Crippen molar-refractivity contribution in [3.63, 3.8) is 0 Å². The quantitative estimate of drug-likeness (QED) is 0.464. The van der Waals surface area contributed by atoms with Crippen LogP contribution in [0.25, 0.3) is 0 Å². The Morgan fingerprint density at radius 1 is 1.75 bits per heavy atom. The molecule has 1 saturated heterocycles. The van der Waals surface area contributed by atoms with Gasteiger partial charge in [0, 0.05) is 6.54 Å². The van der Waals surface area contributed by atoms with E-state index in [1.165, 1.54) is 0 Å². The maximum absolute atomic E-state index is 10.2. The Morgan fingerprint density at radius 2 is 2.38 bits per heavy atom. The fourth-order valence-electron chi connectivity index (χ4n) is 0.581. The molecule has 3 nitrogen and oxygen atoms in total. The molecule has 48 valence electrons. The number of carbonyl (C=O) groups excluding carboxylic acids is 1. The first-order valence-corrected chi connectivity index (χ1v) is 2.26.